The van der Waals surface area contributed by atoms with Crippen molar-refractivity contribution >= 4 is 21.9 Å². The number of fused-ring (bicyclic) bond motifs is 3. The first-order valence-corrected chi connectivity index (χ1v) is 17.3. The van der Waals surface area contributed by atoms with Crippen LogP contribution in [0.2, 0.25) is 0 Å². The molecule has 0 aliphatic rings. The van der Waals surface area contributed by atoms with Crippen LogP contribution in [-0.4, -0.2) is 4.98 Å². The second kappa shape index (κ2) is 15.4. The third-order valence-corrected chi connectivity index (χ3v) is 9.37. The number of hydrogen-bond acceptors (Lipinski definition) is 3. The molecule has 0 fully saturated rings. The van der Waals surface area contributed by atoms with Gasteiger partial charge in [-0.3, -0.25) is 0 Å². The molecule has 5 aromatic carbocycles. The topological polar surface area (TPSA) is 53.7 Å². The zero-order chi connectivity index (χ0) is 36.4. The molecular formula is C48H39IrN3O+. The summed E-state index contributed by atoms with van der Waals surface area (Å²) in [5.74, 6) is 0. The van der Waals surface area contributed by atoms with E-state index in [0.717, 1.165) is 66.7 Å². The Morgan fingerprint density at radius 3 is 2.06 bits per heavy atom. The summed E-state index contributed by atoms with van der Waals surface area (Å²) < 4.78 is 8.39. The molecule has 260 valence electrons. The molecule has 8 rings (SSSR count). The van der Waals surface area contributed by atoms with Crippen molar-refractivity contribution in [1.82, 2.24) is 4.98 Å². The smallest absolute Gasteiger partial charge is 0.500 e. The van der Waals surface area contributed by atoms with Gasteiger partial charge in [-0.1, -0.05) is 117 Å². The van der Waals surface area contributed by atoms with Crippen LogP contribution in [0.1, 0.15) is 43.0 Å². The van der Waals surface area contributed by atoms with Crippen molar-refractivity contribution in [2.75, 3.05) is 0 Å². The Morgan fingerprint density at radius 1 is 0.755 bits per heavy atom. The van der Waals surface area contributed by atoms with Gasteiger partial charge >= 0.3 is 20.1 Å². The standard InChI is InChI=1S/C34H25N2O.C14H14N.Ir/c1-34(2,3)26-17-14-23(15-18-26)22-10-12-24(13-11-22)31-25(21-35)16-19-28-27-7-6-8-29(32(27)37-33(28)31)30-9-4-5-20-36-30;1-11-8-9-14(15(3)10-11)13-7-5-4-6-12(13)2;/h4-7,9-20H,1-3H3;4-10H,2-3H2,1H3;/q2*-1;+3. The van der Waals surface area contributed by atoms with Crippen LogP contribution in [0.3, 0.4) is 0 Å². The molecule has 0 spiro atoms. The first-order valence-electron chi connectivity index (χ1n) is 17.3. The average Bonchev–Trinajstić information content (AvgIpc) is 3.54. The number of rotatable bonds is 4. The van der Waals surface area contributed by atoms with E-state index >= 15 is 0 Å². The second-order valence-electron chi connectivity index (χ2n) is 14.0. The van der Waals surface area contributed by atoms with Crippen molar-refractivity contribution < 1.29 is 29.1 Å². The number of benzene rings is 5. The van der Waals surface area contributed by atoms with E-state index in [0.29, 0.717) is 11.1 Å². The first-order chi connectivity index (χ1) is 25.1. The fraction of sp³-hybridized carbons (Fsp3) is 0.104. The molecule has 53 heavy (non-hydrogen) atoms. The van der Waals surface area contributed by atoms with Crippen molar-refractivity contribution in [2.45, 2.75) is 33.1 Å². The van der Waals surface area contributed by atoms with Crippen molar-refractivity contribution in [3.8, 4) is 50.8 Å². The van der Waals surface area contributed by atoms with Gasteiger partial charge in [0.2, 0.25) is 0 Å². The van der Waals surface area contributed by atoms with Gasteiger partial charge in [0, 0.05) is 24.2 Å². The third kappa shape index (κ3) is 7.52. The molecule has 3 aromatic heterocycles. The minimum absolute atomic E-state index is 0. The SMILES string of the molecule is CC(C)(C)c1ccc(-c2ccc(-c3c(C#N)ccc4c3oc3c(-c5ccccn5)[c-]ccc34)cc2)cc1.[CH2-]c1ccccc1-c1ccc(C)c[n+]1[CH2-].[Ir+3]. The van der Waals surface area contributed by atoms with Gasteiger partial charge in [-0.2, -0.15) is 23.8 Å². The van der Waals surface area contributed by atoms with E-state index in [1.165, 1.54) is 11.1 Å². The Balaban J connectivity index is 0.000000252. The van der Waals surface area contributed by atoms with Gasteiger partial charge in [-0.25, -0.2) is 0 Å². The molecule has 0 N–H and O–H groups in total. The molecule has 4 nitrogen and oxygen atoms in total. The van der Waals surface area contributed by atoms with Crippen LogP contribution in [0.15, 0.2) is 144 Å². The number of nitrogens with zero attached hydrogens (tertiary/aromatic N) is 3. The second-order valence-corrected chi connectivity index (χ2v) is 14.0. The van der Waals surface area contributed by atoms with E-state index in [1.54, 1.807) is 6.20 Å². The molecule has 0 unspecified atom stereocenters. The van der Waals surface area contributed by atoms with Crippen LogP contribution in [-0.2, 0) is 25.5 Å². The Labute approximate surface area is 325 Å². The maximum atomic E-state index is 9.96. The molecule has 0 saturated carbocycles. The minimum atomic E-state index is 0. The zero-order valence-electron chi connectivity index (χ0n) is 30.3. The molecule has 0 radical (unpaired) electrons. The minimum Gasteiger partial charge on any atom is -0.500 e. The van der Waals surface area contributed by atoms with Gasteiger partial charge in [0.25, 0.3) is 0 Å². The molecule has 3 heterocycles. The van der Waals surface area contributed by atoms with Gasteiger partial charge in [0.15, 0.2) is 0 Å². The number of aryl methyl sites for hydroxylation is 1. The van der Waals surface area contributed by atoms with Crippen LogP contribution < -0.4 is 4.57 Å². The van der Waals surface area contributed by atoms with Crippen LogP contribution in [0.4, 0.5) is 0 Å². The van der Waals surface area contributed by atoms with Gasteiger partial charge < -0.3 is 14.0 Å². The van der Waals surface area contributed by atoms with Gasteiger partial charge in [0.05, 0.1) is 29.1 Å². The van der Waals surface area contributed by atoms with Crippen molar-refractivity contribution in [3.63, 3.8) is 0 Å². The molecule has 0 aliphatic heterocycles. The van der Waals surface area contributed by atoms with Crippen molar-refractivity contribution in [3.05, 3.63) is 182 Å². The summed E-state index contributed by atoms with van der Waals surface area (Å²) in [6.45, 7) is 12.7. The Kier molecular flexibility index (Phi) is 10.7. The number of hydrogen-bond donors (Lipinski definition) is 0. The molecule has 0 amide bonds. The van der Waals surface area contributed by atoms with Crippen molar-refractivity contribution in [1.29, 1.82) is 5.26 Å². The van der Waals surface area contributed by atoms with Crippen LogP contribution in [0, 0.1) is 38.3 Å². The van der Waals surface area contributed by atoms with E-state index in [1.807, 2.05) is 71.4 Å². The zero-order valence-corrected chi connectivity index (χ0v) is 32.7. The molecule has 0 atom stereocenters. The Morgan fingerprint density at radius 2 is 1.42 bits per heavy atom. The van der Waals surface area contributed by atoms with E-state index in [9.17, 15) is 5.26 Å². The average molecular weight is 866 g/mol. The molecule has 8 aromatic rings. The Bertz CT molecular complexity index is 2570. The summed E-state index contributed by atoms with van der Waals surface area (Å²) in [7, 11) is 3.99. The largest absolute Gasteiger partial charge is 3.00 e. The van der Waals surface area contributed by atoms with Crippen molar-refractivity contribution in [2.24, 2.45) is 0 Å². The summed E-state index contributed by atoms with van der Waals surface area (Å²) in [5, 5.41) is 11.9. The van der Waals surface area contributed by atoms with Gasteiger partial charge in [-0.15, -0.1) is 35.9 Å². The van der Waals surface area contributed by atoms with Crippen LogP contribution in [0.25, 0.3) is 66.7 Å². The normalized spacial score (nSPS) is 11.0. The predicted molar refractivity (Wildman–Crippen MR) is 212 cm³/mol. The number of furan rings is 1. The summed E-state index contributed by atoms with van der Waals surface area (Å²) in [6, 6.07) is 48.6. The molecule has 5 heteroatoms. The molecule has 0 bridgehead atoms. The van der Waals surface area contributed by atoms with E-state index in [4.69, 9.17) is 4.42 Å². The summed E-state index contributed by atoms with van der Waals surface area (Å²) in [4.78, 5) is 4.50. The number of aromatic nitrogens is 2. The van der Waals surface area contributed by atoms with E-state index in [2.05, 4.69) is 126 Å². The predicted octanol–water partition coefficient (Wildman–Crippen LogP) is 11.7. The van der Waals surface area contributed by atoms with Crippen LogP contribution >= 0.6 is 0 Å². The monoisotopic (exact) mass is 866 g/mol. The number of nitriles is 1. The van der Waals surface area contributed by atoms with Gasteiger partial charge in [0.1, 0.15) is 5.58 Å². The van der Waals surface area contributed by atoms with Crippen LogP contribution in [0.5, 0.6) is 0 Å². The fourth-order valence-corrected chi connectivity index (χ4v) is 6.56. The summed E-state index contributed by atoms with van der Waals surface area (Å²) in [6.07, 6.45) is 3.78. The fourth-order valence-electron chi connectivity index (χ4n) is 6.56. The molecule has 0 saturated heterocycles. The molecular weight excluding hydrogens is 827 g/mol. The Hall–Kier alpha value is -5.92. The van der Waals surface area contributed by atoms with Gasteiger partial charge in [-0.05, 0) is 58.0 Å². The number of pyridine rings is 2. The maximum Gasteiger partial charge on any atom is 3.00 e. The van der Waals surface area contributed by atoms with E-state index in [-0.39, 0.29) is 25.5 Å². The quantitative estimate of drug-likeness (QED) is 0.131. The van der Waals surface area contributed by atoms with E-state index < -0.39 is 0 Å². The third-order valence-electron chi connectivity index (χ3n) is 9.37. The maximum absolute atomic E-state index is 9.96. The summed E-state index contributed by atoms with van der Waals surface area (Å²) in [5.41, 5.74) is 13.5. The first kappa shape index (κ1) is 36.9. The molecule has 0 aliphatic carbocycles. The summed E-state index contributed by atoms with van der Waals surface area (Å²) >= 11 is 0.